The maximum atomic E-state index is 13.0. The van der Waals surface area contributed by atoms with Crippen LogP contribution in [0.4, 0.5) is 4.39 Å². The highest BCUT2D eigenvalue weighted by atomic mass is 79.9. The second-order valence-electron chi connectivity index (χ2n) is 2.35. The Morgan fingerprint density at radius 2 is 2.46 bits per heavy atom. The average molecular weight is 247 g/mol. The minimum atomic E-state index is -0.755. The van der Waals surface area contributed by atoms with Crippen molar-refractivity contribution in [3.8, 4) is 0 Å². The Balaban J connectivity index is 2.99. The zero-order valence-corrected chi connectivity index (χ0v) is 8.56. The zero-order chi connectivity index (χ0) is 9.84. The number of nitrogens with zero attached hydrogens (tertiary/aromatic N) is 1. The molecular formula is C8H8BrFN2O. The molecule has 0 aliphatic heterocycles. The van der Waals surface area contributed by atoms with Gasteiger partial charge in [-0.2, -0.15) is 4.39 Å². The number of carbonyl (C=O) groups is 1. The lowest BCUT2D eigenvalue weighted by Crippen LogP contribution is -2.24. The highest BCUT2D eigenvalue weighted by Crippen LogP contribution is 2.12. The number of amides is 1. The van der Waals surface area contributed by atoms with Crippen LogP contribution in [-0.2, 0) is 0 Å². The van der Waals surface area contributed by atoms with Crippen LogP contribution in [0.1, 0.15) is 17.3 Å². The van der Waals surface area contributed by atoms with Gasteiger partial charge in [-0.15, -0.1) is 0 Å². The van der Waals surface area contributed by atoms with Crippen LogP contribution < -0.4 is 5.32 Å². The van der Waals surface area contributed by atoms with E-state index in [0.29, 0.717) is 11.0 Å². The van der Waals surface area contributed by atoms with Gasteiger partial charge in [0, 0.05) is 17.2 Å². The number of aromatic nitrogens is 1. The molecule has 0 unspecified atom stereocenters. The Hall–Kier alpha value is -0.970. The van der Waals surface area contributed by atoms with Gasteiger partial charge in [-0.05, 0) is 28.9 Å². The monoisotopic (exact) mass is 246 g/mol. The van der Waals surface area contributed by atoms with E-state index in [9.17, 15) is 9.18 Å². The molecular weight excluding hydrogens is 239 g/mol. The normalized spacial score (nSPS) is 9.77. The molecule has 3 nitrogen and oxygen atoms in total. The summed E-state index contributed by atoms with van der Waals surface area (Å²) in [6, 6.07) is 1.40. The molecule has 0 aliphatic rings. The van der Waals surface area contributed by atoms with Crippen LogP contribution in [0.2, 0.25) is 0 Å². The van der Waals surface area contributed by atoms with Gasteiger partial charge in [0.05, 0.1) is 5.56 Å². The molecule has 0 saturated heterocycles. The summed E-state index contributed by atoms with van der Waals surface area (Å²) in [4.78, 5) is 14.6. The molecule has 70 valence electrons. The Morgan fingerprint density at radius 1 is 1.77 bits per heavy atom. The van der Waals surface area contributed by atoms with Crippen molar-refractivity contribution < 1.29 is 9.18 Å². The number of carbonyl (C=O) groups excluding carboxylic acids is 1. The van der Waals surface area contributed by atoms with Crippen molar-refractivity contribution in [3.05, 3.63) is 28.2 Å². The summed E-state index contributed by atoms with van der Waals surface area (Å²) < 4.78 is 13.5. The number of nitrogens with one attached hydrogen (secondary N) is 1. The van der Waals surface area contributed by atoms with Crippen molar-refractivity contribution in [2.24, 2.45) is 0 Å². The standard InChI is InChI=1S/C8H8BrFN2O/c1-2-11-8(13)6-3-5(9)4-12-7(6)10/h3-4H,2H2,1H3,(H,11,13). The number of hydrogen-bond acceptors (Lipinski definition) is 2. The van der Waals surface area contributed by atoms with Gasteiger partial charge in [0.2, 0.25) is 5.95 Å². The molecule has 1 aromatic rings. The lowest BCUT2D eigenvalue weighted by molar-refractivity contribution is 0.0951. The van der Waals surface area contributed by atoms with E-state index in [4.69, 9.17) is 0 Å². The van der Waals surface area contributed by atoms with Crippen LogP contribution >= 0.6 is 15.9 Å². The maximum Gasteiger partial charge on any atom is 0.255 e. The first-order chi connectivity index (χ1) is 6.15. The van der Waals surface area contributed by atoms with Crippen molar-refractivity contribution in [1.29, 1.82) is 0 Å². The van der Waals surface area contributed by atoms with E-state index in [-0.39, 0.29) is 5.56 Å². The fourth-order valence-electron chi connectivity index (χ4n) is 0.838. The fourth-order valence-corrected chi connectivity index (χ4v) is 1.17. The summed E-state index contributed by atoms with van der Waals surface area (Å²) in [6.45, 7) is 2.23. The van der Waals surface area contributed by atoms with E-state index in [1.54, 1.807) is 6.92 Å². The van der Waals surface area contributed by atoms with E-state index in [2.05, 4.69) is 26.2 Å². The lowest BCUT2D eigenvalue weighted by Gasteiger charge is -2.02. The van der Waals surface area contributed by atoms with Crippen molar-refractivity contribution in [2.75, 3.05) is 6.54 Å². The molecule has 0 aromatic carbocycles. The highest BCUT2D eigenvalue weighted by molar-refractivity contribution is 9.10. The average Bonchev–Trinajstić information content (AvgIpc) is 2.09. The van der Waals surface area contributed by atoms with E-state index < -0.39 is 11.9 Å². The van der Waals surface area contributed by atoms with E-state index in [1.807, 2.05) is 0 Å². The summed E-state index contributed by atoms with van der Waals surface area (Å²) >= 11 is 3.11. The molecule has 13 heavy (non-hydrogen) atoms. The number of halogens is 2. The third kappa shape index (κ3) is 2.48. The summed E-state index contributed by atoms with van der Waals surface area (Å²) in [5.41, 5.74) is -0.0452. The van der Waals surface area contributed by atoms with Crippen LogP contribution in [0.3, 0.4) is 0 Å². The lowest BCUT2D eigenvalue weighted by atomic mass is 10.2. The van der Waals surface area contributed by atoms with Crippen molar-refractivity contribution in [2.45, 2.75) is 6.92 Å². The minimum absolute atomic E-state index is 0.0452. The quantitative estimate of drug-likeness (QED) is 0.808. The first kappa shape index (κ1) is 10.1. The van der Waals surface area contributed by atoms with Crippen LogP contribution in [-0.4, -0.2) is 17.4 Å². The minimum Gasteiger partial charge on any atom is -0.352 e. The van der Waals surface area contributed by atoms with Gasteiger partial charge < -0.3 is 5.32 Å². The van der Waals surface area contributed by atoms with Crippen LogP contribution in [0, 0.1) is 5.95 Å². The topological polar surface area (TPSA) is 42.0 Å². The Kier molecular flexibility index (Phi) is 3.36. The smallest absolute Gasteiger partial charge is 0.255 e. The molecule has 1 heterocycles. The third-order valence-corrected chi connectivity index (χ3v) is 1.82. The predicted octanol–water partition coefficient (Wildman–Crippen LogP) is 1.73. The largest absolute Gasteiger partial charge is 0.352 e. The molecule has 5 heteroatoms. The summed E-state index contributed by atoms with van der Waals surface area (Å²) in [5, 5.41) is 2.49. The molecule has 0 atom stereocenters. The number of hydrogen-bond donors (Lipinski definition) is 1. The van der Waals surface area contributed by atoms with Crippen LogP contribution in [0.25, 0.3) is 0 Å². The Labute approximate surface area is 83.5 Å². The van der Waals surface area contributed by atoms with Gasteiger partial charge in [0.15, 0.2) is 0 Å². The van der Waals surface area contributed by atoms with Gasteiger partial charge in [-0.3, -0.25) is 4.79 Å². The second-order valence-corrected chi connectivity index (χ2v) is 3.27. The van der Waals surface area contributed by atoms with Crippen molar-refractivity contribution in [3.63, 3.8) is 0 Å². The molecule has 1 amide bonds. The van der Waals surface area contributed by atoms with Gasteiger partial charge in [-0.25, -0.2) is 4.98 Å². The van der Waals surface area contributed by atoms with Gasteiger partial charge >= 0.3 is 0 Å². The molecule has 1 N–H and O–H groups in total. The molecule has 0 aliphatic carbocycles. The molecule has 0 fully saturated rings. The summed E-state index contributed by atoms with van der Waals surface area (Å²) in [7, 11) is 0. The molecule has 0 spiro atoms. The first-order valence-electron chi connectivity index (χ1n) is 3.74. The van der Waals surface area contributed by atoms with Gasteiger partial charge in [0.25, 0.3) is 5.91 Å². The van der Waals surface area contributed by atoms with Crippen molar-refractivity contribution >= 4 is 21.8 Å². The fraction of sp³-hybridized carbons (Fsp3) is 0.250. The van der Waals surface area contributed by atoms with Crippen molar-refractivity contribution in [1.82, 2.24) is 10.3 Å². The molecule has 0 bridgehead atoms. The molecule has 1 rings (SSSR count). The van der Waals surface area contributed by atoms with E-state index in [1.165, 1.54) is 12.3 Å². The second kappa shape index (κ2) is 4.32. The molecule has 0 saturated carbocycles. The van der Waals surface area contributed by atoms with E-state index >= 15 is 0 Å². The Morgan fingerprint density at radius 3 is 3.08 bits per heavy atom. The van der Waals surface area contributed by atoms with Crippen LogP contribution in [0.5, 0.6) is 0 Å². The summed E-state index contributed by atoms with van der Waals surface area (Å²) in [6.07, 6.45) is 1.30. The SMILES string of the molecule is CCNC(=O)c1cc(Br)cnc1F. The first-order valence-corrected chi connectivity index (χ1v) is 4.53. The van der Waals surface area contributed by atoms with Crippen LogP contribution in [0.15, 0.2) is 16.7 Å². The number of pyridine rings is 1. The molecule has 1 aromatic heterocycles. The van der Waals surface area contributed by atoms with Gasteiger partial charge in [-0.1, -0.05) is 0 Å². The van der Waals surface area contributed by atoms with E-state index in [0.717, 1.165) is 0 Å². The third-order valence-electron chi connectivity index (χ3n) is 1.39. The zero-order valence-electron chi connectivity index (χ0n) is 6.97. The number of rotatable bonds is 2. The predicted molar refractivity (Wildman–Crippen MR) is 49.9 cm³/mol. The Bertz CT molecular complexity index is 330. The van der Waals surface area contributed by atoms with Gasteiger partial charge in [0.1, 0.15) is 0 Å². The molecule has 0 radical (unpaired) electrons. The maximum absolute atomic E-state index is 13.0. The summed E-state index contributed by atoms with van der Waals surface area (Å²) in [5.74, 6) is -1.21. The highest BCUT2D eigenvalue weighted by Gasteiger charge is 2.11.